The number of benzene rings is 1. The molecule has 5 nitrogen and oxygen atoms in total. The standard InChI is InChI=1S/C18H25N3O2/c1-12-5-4-6-15-13(10-20-17(12)15)7-8-19-18(22)16-9-14(23-3)11-21(16)2/h4-6,10,14,16,20H,7-9,11H2,1-3H3,(H,19,22)/t14-,16-/m0/s1. The molecule has 0 aliphatic carbocycles. The summed E-state index contributed by atoms with van der Waals surface area (Å²) >= 11 is 0. The molecule has 1 amide bonds. The molecule has 2 N–H and O–H groups in total. The van der Waals surface area contributed by atoms with Crippen LogP contribution >= 0.6 is 0 Å². The topological polar surface area (TPSA) is 57.4 Å². The summed E-state index contributed by atoms with van der Waals surface area (Å²) in [5.41, 5.74) is 3.68. The third-order valence-electron chi connectivity index (χ3n) is 4.85. The Bertz CT molecular complexity index is 695. The van der Waals surface area contributed by atoms with Gasteiger partial charge in [-0.3, -0.25) is 9.69 Å². The highest BCUT2D eigenvalue weighted by atomic mass is 16.5. The van der Waals surface area contributed by atoms with Crippen molar-refractivity contribution in [2.75, 3.05) is 27.2 Å². The van der Waals surface area contributed by atoms with Gasteiger partial charge in [0.2, 0.25) is 5.91 Å². The maximum Gasteiger partial charge on any atom is 0.237 e. The third kappa shape index (κ3) is 3.26. The van der Waals surface area contributed by atoms with E-state index < -0.39 is 0 Å². The third-order valence-corrected chi connectivity index (χ3v) is 4.85. The number of H-pyrrole nitrogens is 1. The fraction of sp³-hybridized carbons (Fsp3) is 0.500. The molecule has 1 aliphatic heterocycles. The van der Waals surface area contributed by atoms with Gasteiger partial charge >= 0.3 is 0 Å². The Kier molecular flexibility index (Phi) is 4.68. The Balaban J connectivity index is 1.57. The van der Waals surface area contributed by atoms with E-state index in [-0.39, 0.29) is 18.1 Å². The van der Waals surface area contributed by atoms with Gasteiger partial charge in [0, 0.05) is 37.3 Å². The molecule has 2 atom stereocenters. The zero-order chi connectivity index (χ0) is 16.4. The van der Waals surface area contributed by atoms with Crippen LogP contribution in [-0.2, 0) is 16.0 Å². The number of amides is 1. The van der Waals surface area contributed by atoms with Gasteiger partial charge in [-0.15, -0.1) is 0 Å². The molecule has 0 bridgehead atoms. The van der Waals surface area contributed by atoms with Crippen LogP contribution in [-0.4, -0.2) is 55.2 Å². The van der Waals surface area contributed by atoms with E-state index in [1.807, 2.05) is 13.2 Å². The van der Waals surface area contributed by atoms with E-state index in [1.165, 1.54) is 22.0 Å². The first-order valence-electron chi connectivity index (χ1n) is 8.16. The highest BCUT2D eigenvalue weighted by Gasteiger charge is 2.34. The van der Waals surface area contributed by atoms with Gasteiger partial charge in [0.25, 0.3) is 0 Å². The van der Waals surface area contributed by atoms with E-state index in [9.17, 15) is 4.79 Å². The summed E-state index contributed by atoms with van der Waals surface area (Å²) in [5.74, 6) is 0.100. The van der Waals surface area contributed by atoms with Crippen LogP contribution < -0.4 is 5.32 Å². The van der Waals surface area contributed by atoms with Gasteiger partial charge < -0.3 is 15.0 Å². The summed E-state index contributed by atoms with van der Waals surface area (Å²) in [7, 11) is 3.68. The molecule has 23 heavy (non-hydrogen) atoms. The summed E-state index contributed by atoms with van der Waals surface area (Å²) in [6.45, 7) is 3.57. The number of nitrogens with zero attached hydrogens (tertiary/aromatic N) is 1. The first kappa shape index (κ1) is 16.0. The molecule has 1 aromatic heterocycles. The van der Waals surface area contributed by atoms with E-state index in [2.05, 4.69) is 40.3 Å². The first-order chi connectivity index (χ1) is 11.1. The number of aromatic nitrogens is 1. The van der Waals surface area contributed by atoms with E-state index >= 15 is 0 Å². The number of nitrogens with one attached hydrogen (secondary N) is 2. The lowest BCUT2D eigenvalue weighted by atomic mass is 10.1. The predicted molar refractivity (Wildman–Crippen MR) is 91.6 cm³/mol. The van der Waals surface area contributed by atoms with E-state index in [0.29, 0.717) is 6.54 Å². The molecule has 1 saturated heterocycles. The quantitative estimate of drug-likeness (QED) is 0.885. The van der Waals surface area contributed by atoms with Crippen molar-refractivity contribution in [3.8, 4) is 0 Å². The van der Waals surface area contributed by atoms with Crippen molar-refractivity contribution in [1.82, 2.24) is 15.2 Å². The van der Waals surface area contributed by atoms with Gasteiger partial charge in [0.1, 0.15) is 0 Å². The number of rotatable bonds is 5. The van der Waals surface area contributed by atoms with Gasteiger partial charge in [0.05, 0.1) is 12.1 Å². The van der Waals surface area contributed by atoms with Crippen molar-refractivity contribution in [2.45, 2.75) is 31.9 Å². The van der Waals surface area contributed by atoms with Gasteiger partial charge in [0.15, 0.2) is 0 Å². The van der Waals surface area contributed by atoms with Crippen molar-refractivity contribution < 1.29 is 9.53 Å². The molecular weight excluding hydrogens is 290 g/mol. The van der Waals surface area contributed by atoms with Crippen molar-refractivity contribution in [1.29, 1.82) is 0 Å². The monoisotopic (exact) mass is 315 g/mol. The molecule has 2 heterocycles. The number of likely N-dealkylation sites (N-methyl/N-ethyl adjacent to an activating group) is 1. The van der Waals surface area contributed by atoms with Crippen LogP contribution in [0.4, 0.5) is 0 Å². The zero-order valence-electron chi connectivity index (χ0n) is 14.1. The minimum atomic E-state index is -0.0786. The number of fused-ring (bicyclic) bond motifs is 1. The van der Waals surface area contributed by atoms with Crippen LogP contribution in [0.25, 0.3) is 10.9 Å². The average Bonchev–Trinajstić information content (AvgIpc) is 3.12. The predicted octanol–water partition coefficient (Wildman–Crippen LogP) is 1.85. The van der Waals surface area contributed by atoms with Crippen molar-refractivity contribution in [2.24, 2.45) is 0 Å². The molecule has 1 aromatic carbocycles. The fourth-order valence-corrected chi connectivity index (χ4v) is 3.44. The van der Waals surface area contributed by atoms with Crippen molar-refractivity contribution >= 4 is 16.8 Å². The zero-order valence-corrected chi connectivity index (χ0v) is 14.1. The number of aryl methyl sites for hydroxylation is 1. The second kappa shape index (κ2) is 6.72. The number of methoxy groups -OCH3 is 1. The number of carbonyl (C=O) groups is 1. The lowest BCUT2D eigenvalue weighted by Crippen LogP contribution is -2.42. The van der Waals surface area contributed by atoms with Gasteiger partial charge in [-0.2, -0.15) is 0 Å². The molecule has 5 heteroatoms. The maximum absolute atomic E-state index is 12.3. The molecule has 2 aromatic rings. The Labute approximate surface area is 137 Å². The van der Waals surface area contributed by atoms with Crippen molar-refractivity contribution in [3.05, 3.63) is 35.5 Å². The van der Waals surface area contributed by atoms with Crippen LogP contribution in [0.15, 0.2) is 24.4 Å². The number of hydrogen-bond donors (Lipinski definition) is 2. The Hall–Kier alpha value is -1.85. The van der Waals surface area contributed by atoms with Gasteiger partial charge in [-0.25, -0.2) is 0 Å². The highest BCUT2D eigenvalue weighted by molar-refractivity contribution is 5.86. The lowest BCUT2D eigenvalue weighted by molar-refractivity contribution is -0.125. The largest absolute Gasteiger partial charge is 0.380 e. The second-order valence-corrected chi connectivity index (χ2v) is 6.40. The maximum atomic E-state index is 12.3. The smallest absolute Gasteiger partial charge is 0.237 e. The fourth-order valence-electron chi connectivity index (χ4n) is 3.44. The molecule has 1 aliphatic rings. The molecule has 3 rings (SSSR count). The van der Waals surface area contributed by atoms with Crippen LogP contribution in [0.1, 0.15) is 17.5 Å². The number of hydrogen-bond acceptors (Lipinski definition) is 3. The molecule has 0 saturated carbocycles. The number of aromatic amines is 1. The molecule has 124 valence electrons. The molecule has 1 fully saturated rings. The van der Waals surface area contributed by atoms with Crippen molar-refractivity contribution in [3.63, 3.8) is 0 Å². The van der Waals surface area contributed by atoms with Crippen LogP contribution in [0.5, 0.6) is 0 Å². The Morgan fingerprint density at radius 1 is 1.48 bits per heavy atom. The minimum absolute atomic E-state index is 0.0786. The number of likely N-dealkylation sites (tertiary alicyclic amines) is 1. The molecule has 0 spiro atoms. The number of para-hydroxylation sites is 1. The second-order valence-electron chi connectivity index (χ2n) is 6.40. The number of ether oxygens (including phenoxy) is 1. The summed E-state index contributed by atoms with van der Waals surface area (Å²) in [6.07, 6.45) is 3.81. The summed E-state index contributed by atoms with van der Waals surface area (Å²) < 4.78 is 5.36. The lowest BCUT2D eigenvalue weighted by Gasteiger charge is -2.18. The molecule has 0 radical (unpaired) electrons. The van der Waals surface area contributed by atoms with Gasteiger partial charge in [-0.05, 0) is 37.9 Å². The average molecular weight is 315 g/mol. The molecule has 0 unspecified atom stereocenters. The van der Waals surface area contributed by atoms with Gasteiger partial charge in [-0.1, -0.05) is 18.2 Å². The number of carbonyl (C=O) groups excluding carboxylic acids is 1. The van der Waals surface area contributed by atoms with E-state index in [1.54, 1.807) is 7.11 Å². The van der Waals surface area contributed by atoms with E-state index in [4.69, 9.17) is 4.74 Å². The summed E-state index contributed by atoms with van der Waals surface area (Å²) in [5, 5.41) is 4.31. The molecular formula is C18H25N3O2. The summed E-state index contributed by atoms with van der Waals surface area (Å²) in [4.78, 5) is 17.7. The van der Waals surface area contributed by atoms with Crippen LogP contribution in [0.3, 0.4) is 0 Å². The Morgan fingerprint density at radius 3 is 3.04 bits per heavy atom. The normalized spacial score (nSPS) is 21.9. The van der Waals surface area contributed by atoms with Crippen LogP contribution in [0.2, 0.25) is 0 Å². The van der Waals surface area contributed by atoms with E-state index in [0.717, 1.165) is 19.4 Å². The van der Waals surface area contributed by atoms with Crippen LogP contribution in [0, 0.1) is 6.92 Å². The first-order valence-corrected chi connectivity index (χ1v) is 8.16. The minimum Gasteiger partial charge on any atom is -0.380 e. The highest BCUT2D eigenvalue weighted by Crippen LogP contribution is 2.21. The SMILES string of the molecule is CO[C@H]1C[C@@H](C(=O)NCCc2c[nH]c3c(C)cccc23)N(C)C1. The summed E-state index contributed by atoms with van der Waals surface area (Å²) in [6, 6.07) is 6.23. The Morgan fingerprint density at radius 2 is 2.30 bits per heavy atom.